The Morgan fingerprint density at radius 3 is 2.76 bits per heavy atom. The molecule has 0 aliphatic heterocycles. The van der Waals surface area contributed by atoms with Crippen molar-refractivity contribution in [3.8, 4) is 0 Å². The smallest absolute Gasteiger partial charge is 0.0440 e. The van der Waals surface area contributed by atoms with Crippen molar-refractivity contribution in [1.29, 1.82) is 0 Å². The van der Waals surface area contributed by atoms with Gasteiger partial charge in [-0.15, -0.1) is 0 Å². The third-order valence-corrected chi connectivity index (χ3v) is 3.39. The monoisotopic (exact) mass is 253 g/mol. The second-order valence-electron chi connectivity index (χ2n) is 4.84. The number of benzene rings is 1. The van der Waals surface area contributed by atoms with Crippen LogP contribution < -0.4 is 5.32 Å². The SMILES string of the molecule is CCCNC(C)CCCc1ccc(C)cc1Cl. The quantitative estimate of drug-likeness (QED) is 0.761. The molecule has 1 aromatic carbocycles. The predicted octanol–water partition coefficient (Wildman–Crippen LogP) is 4.36. The first-order valence-corrected chi connectivity index (χ1v) is 6.99. The van der Waals surface area contributed by atoms with Crippen molar-refractivity contribution < 1.29 is 0 Å². The second kappa shape index (κ2) is 7.73. The van der Waals surface area contributed by atoms with Crippen LogP contribution >= 0.6 is 11.6 Å². The average Bonchev–Trinajstić information content (AvgIpc) is 2.29. The zero-order chi connectivity index (χ0) is 12.7. The summed E-state index contributed by atoms with van der Waals surface area (Å²) >= 11 is 6.21. The highest BCUT2D eigenvalue weighted by Gasteiger charge is 2.03. The van der Waals surface area contributed by atoms with E-state index in [1.165, 1.54) is 30.4 Å². The topological polar surface area (TPSA) is 12.0 Å². The lowest BCUT2D eigenvalue weighted by molar-refractivity contribution is 0.498. The molecule has 0 aliphatic carbocycles. The summed E-state index contributed by atoms with van der Waals surface area (Å²) in [4.78, 5) is 0. The molecule has 1 unspecified atom stereocenters. The zero-order valence-electron chi connectivity index (χ0n) is 11.2. The van der Waals surface area contributed by atoms with Gasteiger partial charge in [-0.2, -0.15) is 0 Å². The van der Waals surface area contributed by atoms with Crippen LogP contribution in [-0.2, 0) is 6.42 Å². The van der Waals surface area contributed by atoms with Crippen LogP contribution in [-0.4, -0.2) is 12.6 Å². The van der Waals surface area contributed by atoms with Crippen molar-refractivity contribution in [2.75, 3.05) is 6.54 Å². The van der Waals surface area contributed by atoms with Crippen molar-refractivity contribution in [2.24, 2.45) is 0 Å². The highest BCUT2D eigenvalue weighted by Crippen LogP contribution is 2.19. The number of hydrogen-bond donors (Lipinski definition) is 1. The molecule has 0 saturated carbocycles. The summed E-state index contributed by atoms with van der Waals surface area (Å²) in [7, 11) is 0. The lowest BCUT2D eigenvalue weighted by Gasteiger charge is -2.13. The number of aryl methyl sites for hydroxylation is 2. The summed E-state index contributed by atoms with van der Waals surface area (Å²) < 4.78 is 0. The second-order valence-corrected chi connectivity index (χ2v) is 5.25. The van der Waals surface area contributed by atoms with Crippen molar-refractivity contribution in [3.05, 3.63) is 34.3 Å². The molecule has 0 fully saturated rings. The van der Waals surface area contributed by atoms with E-state index >= 15 is 0 Å². The fourth-order valence-electron chi connectivity index (χ4n) is 1.95. The Balaban J connectivity index is 2.30. The average molecular weight is 254 g/mol. The van der Waals surface area contributed by atoms with E-state index in [4.69, 9.17) is 11.6 Å². The van der Waals surface area contributed by atoms with Crippen molar-refractivity contribution in [3.63, 3.8) is 0 Å². The van der Waals surface area contributed by atoms with Gasteiger partial charge in [0.25, 0.3) is 0 Å². The maximum atomic E-state index is 6.21. The molecule has 1 aromatic rings. The molecule has 1 rings (SSSR count). The molecule has 0 saturated heterocycles. The summed E-state index contributed by atoms with van der Waals surface area (Å²) in [6.07, 6.45) is 4.69. The molecule has 96 valence electrons. The van der Waals surface area contributed by atoms with Gasteiger partial charge in [0.1, 0.15) is 0 Å². The summed E-state index contributed by atoms with van der Waals surface area (Å²) in [5.74, 6) is 0. The van der Waals surface area contributed by atoms with Crippen LogP contribution in [0.25, 0.3) is 0 Å². The molecule has 17 heavy (non-hydrogen) atoms. The number of hydrogen-bond acceptors (Lipinski definition) is 1. The molecule has 0 amide bonds. The maximum absolute atomic E-state index is 6.21. The molecule has 0 heterocycles. The zero-order valence-corrected chi connectivity index (χ0v) is 12.0. The number of nitrogens with one attached hydrogen (secondary N) is 1. The van der Waals surface area contributed by atoms with E-state index in [0.29, 0.717) is 6.04 Å². The van der Waals surface area contributed by atoms with E-state index in [0.717, 1.165) is 18.0 Å². The number of rotatable bonds is 7. The standard InChI is InChI=1S/C15H24ClN/c1-4-10-17-13(3)6-5-7-14-9-8-12(2)11-15(14)16/h8-9,11,13,17H,4-7,10H2,1-3H3. The maximum Gasteiger partial charge on any atom is 0.0440 e. The lowest BCUT2D eigenvalue weighted by atomic mass is 10.0. The predicted molar refractivity (Wildman–Crippen MR) is 76.9 cm³/mol. The molecule has 1 nitrogen and oxygen atoms in total. The van der Waals surface area contributed by atoms with Crippen molar-refractivity contribution >= 4 is 11.6 Å². The normalized spacial score (nSPS) is 12.7. The Kier molecular flexibility index (Phi) is 6.61. The van der Waals surface area contributed by atoms with Gasteiger partial charge >= 0.3 is 0 Å². The Morgan fingerprint density at radius 2 is 2.12 bits per heavy atom. The van der Waals surface area contributed by atoms with Gasteiger partial charge in [-0.25, -0.2) is 0 Å². The third kappa shape index (κ3) is 5.56. The molecule has 0 radical (unpaired) electrons. The molecule has 1 N–H and O–H groups in total. The van der Waals surface area contributed by atoms with Gasteiger partial charge in [0.2, 0.25) is 0 Å². The van der Waals surface area contributed by atoms with Crippen LogP contribution in [0.15, 0.2) is 18.2 Å². The van der Waals surface area contributed by atoms with Crippen molar-refractivity contribution in [2.45, 2.75) is 52.5 Å². The summed E-state index contributed by atoms with van der Waals surface area (Å²) in [5.41, 5.74) is 2.51. The van der Waals surface area contributed by atoms with E-state index in [9.17, 15) is 0 Å². The minimum Gasteiger partial charge on any atom is -0.314 e. The van der Waals surface area contributed by atoms with Crippen LogP contribution in [0.2, 0.25) is 5.02 Å². The largest absolute Gasteiger partial charge is 0.314 e. The first-order chi connectivity index (χ1) is 8.13. The molecule has 0 aliphatic rings. The summed E-state index contributed by atoms with van der Waals surface area (Å²) in [6.45, 7) is 7.65. The minimum atomic E-state index is 0.610. The van der Waals surface area contributed by atoms with E-state index in [-0.39, 0.29) is 0 Å². The summed E-state index contributed by atoms with van der Waals surface area (Å²) in [5, 5.41) is 4.43. The van der Waals surface area contributed by atoms with Gasteiger partial charge in [-0.05, 0) is 63.3 Å². The fraction of sp³-hybridized carbons (Fsp3) is 0.600. The fourth-order valence-corrected chi connectivity index (χ4v) is 2.28. The van der Waals surface area contributed by atoms with Gasteiger partial charge in [-0.1, -0.05) is 30.7 Å². The van der Waals surface area contributed by atoms with E-state index < -0.39 is 0 Å². The Bertz CT molecular complexity index is 336. The van der Waals surface area contributed by atoms with Crippen LogP contribution in [0.5, 0.6) is 0 Å². The van der Waals surface area contributed by atoms with Crippen LogP contribution in [0, 0.1) is 6.92 Å². The molecule has 0 spiro atoms. The van der Waals surface area contributed by atoms with E-state index in [1.807, 2.05) is 0 Å². The van der Waals surface area contributed by atoms with Crippen LogP contribution in [0.4, 0.5) is 0 Å². The Labute approximate surface area is 111 Å². The van der Waals surface area contributed by atoms with Gasteiger partial charge in [0.15, 0.2) is 0 Å². The number of halogens is 1. The molecule has 2 heteroatoms. The Hall–Kier alpha value is -0.530. The van der Waals surface area contributed by atoms with Crippen molar-refractivity contribution in [1.82, 2.24) is 5.32 Å². The summed E-state index contributed by atoms with van der Waals surface area (Å²) in [6, 6.07) is 6.96. The van der Waals surface area contributed by atoms with Crippen LogP contribution in [0.1, 0.15) is 44.2 Å². The van der Waals surface area contributed by atoms with E-state index in [2.05, 4.69) is 44.3 Å². The molecule has 0 bridgehead atoms. The lowest BCUT2D eigenvalue weighted by Crippen LogP contribution is -2.26. The molecular weight excluding hydrogens is 230 g/mol. The Morgan fingerprint density at radius 1 is 1.35 bits per heavy atom. The molecule has 1 atom stereocenters. The van der Waals surface area contributed by atoms with E-state index in [1.54, 1.807) is 0 Å². The van der Waals surface area contributed by atoms with Gasteiger partial charge in [0, 0.05) is 11.1 Å². The van der Waals surface area contributed by atoms with Gasteiger partial charge < -0.3 is 5.32 Å². The molecular formula is C15H24ClN. The van der Waals surface area contributed by atoms with Gasteiger partial charge in [0.05, 0.1) is 0 Å². The van der Waals surface area contributed by atoms with Crippen LogP contribution in [0.3, 0.4) is 0 Å². The highest BCUT2D eigenvalue weighted by atomic mass is 35.5. The third-order valence-electron chi connectivity index (χ3n) is 3.03. The molecule has 0 aromatic heterocycles. The van der Waals surface area contributed by atoms with Gasteiger partial charge in [-0.3, -0.25) is 0 Å². The minimum absolute atomic E-state index is 0.610. The highest BCUT2D eigenvalue weighted by molar-refractivity contribution is 6.31. The first kappa shape index (κ1) is 14.5. The first-order valence-electron chi connectivity index (χ1n) is 6.62.